The highest BCUT2D eigenvalue weighted by molar-refractivity contribution is 5.93. The minimum absolute atomic E-state index is 0.0643. The molecule has 3 N–H and O–H groups in total. The van der Waals surface area contributed by atoms with Crippen LogP contribution >= 0.6 is 0 Å². The van der Waals surface area contributed by atoms with Crippen molar-refractivity contribution in [1.82, 2.24) is 10.2 Å². The summed E-state index contributed by atoms with van der Waals surface area (Å²) in [5.74, 6) is -1.39. The fourth-order valence-electron chi connectivity index (χ4n) is 2.85. The molecule has 0 fully saturated rings. The van der Waals surface area contributed by atoms with Crippen molar-refractivity contribution in [2.24, 2.45) is 0 Å². The number of carbonyl (C=O) groups excluding carboxylic acids is 3. The van der Waals surface area contributed by atoms with E-state index in [4.69, 9.17) is 0 Å². The first-order valence-electron chi connectivity index (χ1n) is 10.1. The molecule has 8 nitrogen and oxygen atoms in total. The van der Waals surface area contributed by atoms with Crippen molar-refractivity contribution in [3.63, 3.8) is 0 Å². The second kappa shape index (κ2) is 11.9. The normalized spacial score (nSPS) is 11.1. The van der Waals surface area contributed by atoms with E-state index in [9.17, 15) is 27.6 Å². The predicted octanol–water partition coefficient (Wildman–Crippen LogP) is 3.12. The van der Waals surface area contributed by atoms with Gasteiger partial charge in [-0.2, -0.15) is 0 Å². The van der Waals surface area contributed by atoms with Gasteiger partial charge in [0, 0.05) is 30.4 Å². The summed E-state index contributed by atoms with van der Waals surface area (Å²) in [5.41, 5.74) is 1.29. The van der Waals surface area contributed by atoms with Crippen molar-refractivity contribution >= 4 is 29.1 Å². The summed E-state index contributed by atoms with van der Waals surface area (Å²) in [7, 11) is 0. The lowest BCUT2D eigenvalue weighted by Gasteiger charge is -2.20. The lowest BCUT2D eigenvalue weighted by Crippen LogP contribution is -2.40. The van der Waals surface area contributed by atoms with Gasteiger partial charge in [0.05, 0.1) is 13.1 Å². The number of alkyl halides is 3. The van der Waals surface area contributed by atoms with Gasteiger partial charge in [0.15, 0.2) is 0 Å². The summed E-state index contributed by atoms with van der Waals surface area (Å²) >= 11 is 0. The molecule has 178 valence electrons. The van der Waals surface area contributed by atoms with Gasteiger partial charge in [-0.25, -0.2) is 0 Å². The number of benzene rings is 2. The number of halogens is 3. The van der Waals surface area contributed by atoms with Crippen LogP contribution in [-0.4, -0.2) is 48.6 Å². The molecule has 0 atom stereocenters. The molecule has 0 saturated carbocycles. The van der Waals surface area contributed by atoms with Crippen molar-refractivity contribution in [1.29, 1.82) is 0 Å². The Bertz CT molecular complexity index is 965. The highest BCUT2D eigenvalue weighted by atomic mass is 19.4. The van der Waals surface area contributed by atoms with Crippen LogP contribution in [0.2, 0.25) is 0 Å². The third-order valence-corrected chi connectivity index (χ3v) is 4.34. The Kier molecular flexibility index (Phi) is 9.22. The number of likely N-dealkylation sites (N-methyl/N-ethyl adjacent to an activating group) is 1. The van der Waals surface area contributed by atoms with Crippen molar-refractivity contribution in [3.8, 4) is 5.75 Å². The maximum Gasteiger partial charge on any atom is 0.573 e. The van der Waals surface area contributed by atoms with Gasteiger partial charge in [0.1, 0.15) is 5.75 Å². The van der Waals surface area contributed by atoms with E-state index in [0.717, 1.165) is 0 Å². The number of nitrogens with one attached hydrogen (secondary N) is 3. The largest absolute Gasteiger partial charge is 0.573 e. The van der Waals surface area contributed by atoms with Crippen LogP contribution in [0, 0.1) is 0 Å². The lowest BCUT2D eigenvalue weighted by molar-refractivity contribution is -0.274. The number of para-hydroxylation sites is 1. The second-order valence-corrected chi connectivity index (χ2v) is 7.04. The summed E-state index contributed by atoms with van der Waals surface area (Å²) in [6, 6.07) is 12.1. The SMILES string of the molecule is CCN(CC(=O)NCc1ccccc1OC(F)(F)F)CC(=O)Nc1ccc(NC(C)=O)cc1. The number of rotatable bonds is 10. The van der Waals surface area contributed by atoms with Gasteiger partial charge in [-0.3, -0.25) is 19.3 Å². The van der Waals surface area contributed by atoms with Crippen molar-refractivity contribution < 1.29 is 32.3 Å². The van der Waals surface area contributed by atoms with Gasteiger partial charge in [-0.05, 0) is 36.9 Å². The maximum atomic E-state index is 12.5. The monoisotopic (exact) mass is 466 g/mol. The number of ether oxygens (including phenoxy) is 1. The van der Waals surface area contributed by atoms with E-state index in [2.05, 4.69) is 20.7 Å². The minimum Gasteiger partial charge on any atom is -0.405 e. The summed E-state index contributed by atoms with van der Waals surface area (Å²) in [6.45, 7) is 3.22. The zero-order valence-corrected chi connectivity index (χ0v) is 18.2. The molecule has 0 aromatic heterocycles. The zero-order valence-electron chi connectivity index (χ0n) is 18.2. The predicted molar refractivity (Wildman–Crippen MR) is 116 cm³/mol. The summed E-state index contributed by atoms with van der Waals surface area (Å²) in [4.78, 5) is 37.2. The van der Waals surface area contributed by atoms with Gasteiger partial charge in [0.2, 0.25) is 17.7 Å². The Hall–Kier alpha value is -3.60. The first-order valence-corrected chi connectivity index (χ1v) is 10.1. The highest BCUT2D eigenvalue weighted by Crippen LogP contribution is 2.26. The topological polar surface area (TPSA) is 99.8 Å². The molecule has 2 rings (SSSR count). The zero-order chi connectivity index (χ0) is 24.4. The van der Waals surface area contributed by atoms with Gasteiger partial charge >= 0.3 is 6.36 Å². The van der Waals surface area contributed by atoms with Crippen LogP contribution in [0.1, 0.15) is 19.4 Å². The molecule has 0 spiro atoms. The summed E-state index contributed by atoms with van der Waals surface area (Å²) in [6.07, 6.45) is -4.84. The fraction of sp³-hybridized carbons (Fsp3) is 0.318. The molecule has 33 heavy (non-hydrogen) atoms. The van der Waals surface area contributed by atoms with Crippen LogP contribution < -0.4 is 20.7 Å². The standard InChI is InChI=1S/C22H25F3N4O4/c1-3-29(14-21(32)28-18-10-8-17(9-11-18)27-15(2)30)13-20(31)26-12-16-6-4-5-7-19(16)33-22(23,24)25/h4-11H,3,12-14H2,1-2H3,(H,26,31)(H,27,30)(H,28,32). The van der Waals surface area contributed by atoms with Gasteiger partial charge in [-0.1, -0.05) is 25.1 Å². The van der Waals surface area contributed by atoms with Crippen molar-refractivity contribution in [2.75, 3.05) is 30.3 Å². The number of hydrogen-bond donors (Lipinski definition) is 3. The third kappa shape index (κ3) is 9.60. The molecule has 0 heterocycles. The summed E-state index contributed by atoms with van der Waals surface area (Å²) in [5, 5.41) is 7.86. The van der Waals surface area contributed by atoms with E-state index in [0.29, 0.717) is 17.9 Å². The molecule has 2 aromatic carbocycles. The molecule has 11 heteroatoms. The van der Waals surface area contributed by atoms with Crippen LogP contribution in [0.25, 0.3) is 0 Å². The van der Waals surface area contributed by atoms with E-state index < -0.39 is 12.3 Å². The van der Waals surface area contributed by atoms with Gasteiger partial charge in [0.25, 0.3) is 0 Å². The molecule has 0 bridgehead atoms. The van der Waals surface area contributed by atoms with Crippen molar-refractivity contribution in [2.45, 2.75) is 26.8 Å². The number of hydrogen-bond acceptors (Lipinski definition) is 5. The molecule has 0 radical (unpaired) electrons. The Morgan fingerprint density at radius 3 is 2.06 bits per heavy atom. The fourth-order valence-corrected chi connectivity index (χ4v) is 2.85. The van der Waals surface area contributed by atoms with E-state index in [1.165, 1.54) is 31.2 Å². The van der Waals surface area contributed by atoms with Crippen LogP contribution in [-0.2, 0) is 20.9 Å². The number of nitrogens with zero attached hydrogens (tertiary/aromatic N) is 1. The lowest BCUT2D eigenvalue weighted by atomic mass is 10.2. The van der Waals surface area contributed by atoms with Gasteiger partial charge in [-0.15, -0.1) is 13.2 Å². The van der Waals surface area contributed by atoms with E-state index in [1.54, 1.807) is 36.1 Å². The second-order valence-electron chi connectivity index (χ2n) is 7.04. The smallest absolute Gasteiger partial charge is 0.405 e. The highest BCUT2D eigenvalue weighted by Gasteiger charge is 2.32. The molecule has 0 saturated heterocycles. The Balaban J connectivity index is 1.85. The molecule has 0 aliphatic rings. The quantitative estimate of drug-likeness (QED) is 0.500. The number of anilines is 2. The molecule has 0 unspecified atom stereocenters. The van der Waals surface area contributed by atoms with E-state index in [-0.39, 0.29) is 42.8 Å². The molecule has 3 amide bonds. The average Bonchev–Trinajstić information content (AvgIpc) is 2.72. The van der Waals surface area contributed by atoms with Crippen LogP contribution in [0.15, 0.2) is 48.5 Å². The first-order chi connectivity index (χ1) is 15.6. The van der Waals surface area contributed by atoms with Gasteiger partial charge < -0.3 is 20.7 Å². The molecule has 0 aliphatic heterocycles. The average molecular weight is 466 g/mol. The Morgan fingerprint density at radius 2 is 1.48 bits per heavy atom. The number of amides is 3. The van der Waals surface area contributed by atoms with Crippen molar-refractivity contribution in [3.05, 3.63) is 54.1 Å². The Morgan fingerprint density at radius 1 is 0.909 bits per heavy atom. The molecular formula is C22H25F3N4O4. The minimum atomic E-state index is -4.84. The molecule has 2 aromatic rings. The van der Waals surface area contributed by atoms with Crippen LogP contribution in [0.5, 0.6) is 5.75 Å². The van der Waals surface area contributed by atoms with Crippen LogP contribution in [0.4, 0.5) is 24.5 Å². The van der Waals surface area contributed by atoms with E-state index >= 15 is 0 Å². The van der Waals surface area contributed by atoms with Crippen LogP contribution in [0.3, 0.4) is 0 Å². The maximum absolute atomic E-state index is 12.5. The number of carbonyl (C=O) groups is 3. The molecular weight excluding hydrogens is 441 g/mol. The third-order valence-electron chi connectivity index (χ3n) is 4.34. The molecule has 0 aliphatic carbocycles. The van der Waals surface area contributed by atoms with E-state index in [1.807, 2.05) is 0 Å². The first kappa shape index (κ1) is 25.7. The summed E-state index contributed by atoms with van der Waals surface area (Å²) < 4.78 is 41.5. The Labute approximate surface area is 189 Å².